The molecular weight excluding hydrogens is 476 g/mol. The van der Waals surface area contributed by atoms with Gasteiger partial charge in [0.05, 0.1) is 22.3 Å². The van der Waals surface area contributed by atoms with Crippen molar-refractivity contribution in [2.24, 2.45) is 0 Å². The van der Waals surface area contributed by atoms with Crippen molar-refractivity contribution >= 4 is 56.2 Å². The normalized spacial score (nSPS) is 11.3. The summed E-state index contributed by atoms with van der Waals surface area (Å²) in [6, 6.07) is 10.7. The molecule has 0 saturated heterocycles. The number of hydrogen-bond acceptors (Lipinski definition) is 4. The molecule has 0 saturated carbocycles. The molecule has 9 heteroatoms. The Hall–Kier alpha value is -2.29. The van der Waals surface area contributed by atoms with Crippen LogP contribution < -0.4 is 0 Å². The van der Waals surface area contributed by atoms with Crippen molar-refractivity contribution in [3.63, 3.8) is 0 Å². The van der Waals surface area contributed by atoms with Gasteiger partial charge in [-0.05, 0) is 46.6 Å². The van der Waals surface area contributed by atoms with Crippen LogP contribution in [0.5, 0.6) is 0 Å². The Morgan fingerprint density at radius 3 is 2.90 bits per heavy atom. The molecule has 4 aromatic rings. The van der Waals surface area contributed by atoms with Crippen molar-refractivity contribution < 1.29 is 9.90 Å². The van der Waals surface area contributed by atoms with Crippen LogP contribution in [-0.2, 0) is 6.54 Å². The van der Waals surface area contributed by atoms with Gasteiger partial charge in [-0.2, -0.15) is 5.10 Å². The van der Waals surface area contributed by atoms with E-state index in [4.69, 9.17) is 11.6 Å². The summed E-state index contributed by atoms with van der Waals surface area (Å²) < 4.78 is 4.78. The van der Waals surface area contributed by atoms with E-state index in [9.17, 15) is 9.90 Å². The minimum atomic E-state index is -1.05. The number of aryl methyl sites for hydroxylation is 1. The predicted octanol–water partition coefficient (Wildman–Crippen LogP) is 5.90. The summed E-state index contributed by atoms with van der Waals surface area (Å²) in [6.45, 7) is 2.94. The summed E-state index contributed by atoms with van der Waals surface area (Å²) in [5, 5.41) is 15.9. The van der Waals surface area contributed by atoms with Crippen molar-refractivity contribution in [1.82, 2.24) is 19.3 Å². The zero-order chi connectivity index (χ0) is 20.5. The predicted molar refractivity (Wildman–Crippen MR) is 117 cm³/mol. The molecular formula is C20H16BrClN4O2S. The Bertz CT molecular complexity index is 1220. The van der Waals surface area contributed by atoms with Gasteiger partial charge in [0.2, 0.25) is 0 Å². The molecule has 0 bridgehead atoms. The van der Waals surface area contributed by atoms with E-state index in [1.807, 2.05) is 39.8 Å². The number of fused-ring (bicyclic) bond motifs is 1. The molecule has 0 atom stereocenters. The molecule has 0 aliphatic carbocycles. The first-order valence-electron chi connectivity index (χ1n) is 8.88. The second-order valence-corrected chi connectivity index (χ2v) is 8.56. The van der Waals surface area contributed by atoms with E-state index in [0.717, 1.165) is 39.1 Å². The zero-order valence-electron chi connectivity index (χ0n) is 15.3. The van der Waals surface area contributed by atoms with Crippen molar-refractivity contribution in [3.05, 3.63) is 64.1 Å². The second-order valence-electron chi connectivity index (χ2n) is 6.35. The summed E-state index contributed by atoms with van der Waals surface area (Å²) in [6.07, 6.45) is 4.80. The lowest BCUT2D eigenvalue weighted by molar-refractivity contribution is 0.0689. The molecule has 29 heavy (non-hydrogen) atoms. The smallest absolute Gasteiger partial charge is 0.354 e. The van der Waals surface area contributed by atoms with Crippen LogP contribution in [0.2, 0.25) is 5.02 Å². The first-order valence-corrected chi connectivity index (χ1v) is 10.9. The third kappa shape index (κ3) is 3.92. The van der Waals surface area contributed by atoms with E-state index >= 15 is 0 Å². The van der Waals surface area contributed by atoms with Crippen LogP contribution in [0.15, 0.2) is 63.3 Å². The van der Waals surface area contributed by atoms with Gasteiger partial charge >= 0.3 is 5.97 Å². The molecule has 0 fully saturated rings. The number of carboxylic acids is 1. The topological polar surface area (TPSA) is 72.9 Å². The Morgan fingerprint density at radius 1 is 1.31 bits per heavy atom. The van der Waals surface area contributed by atoms with Crippen LogP contribution >= 0.6 is 39.3 Å². The fourth-order valence-corrected chi connectivity index (χ4v) is 5.04. The van der Waals surface area contributed by atoms with E-state index < -0.39 is 5.97 Å². The Labute approximate surface area is 184 Å². The summed E-state index contributed by atoms with van der Waals surface area (Å²) in [5.41, 5.74) is 1.85. The standard InChI is InChI=1S/C20H16BrClN4O2S/c1-2-8-25-11-13(10-23-25)26-16-9-12(22)6-7-14(16)18(19(26)21)29-17-5-3-4-15(24-17)20(27)28/h3-7,9-11H,2,8H2,1H3,(H,27,28). The minimum Gasteiger partial charge on any atom is -0.477 e. The van der Waals surface area contributed by atoms with Crippen molar-refractivity contribution in [1.29, 1.82) is 0 Å². The molecule has 1 aromatic carbocycles. The number of nitrogens with zero attached hydrogens (tertiary/aromatic N) is 4. The first-order chi connectivity index (χ1) is 14.0. The lowest BCUT2D eigenvalue weighted by atomic mass is 10.2. The number of carbonyl (C=O) groups is 1. The van der Waals surface area contributed by atoms with Gasteiger partial charge in [0.25, 0.3) is 0 Å². The highest BCUT2D eigenvalue weighted by molar-refractivity contribution is 9.10. The highest BCUT2D eigenvalue weighted by Gasteiger charge is 2.20. The van der Waals surface area contributed by atoms with Crippen LogP contribution in [0.3, 0.4) is 0 Å². The van der Waals surface area contributed by atoms with E-state index in [-0.39, 0.29) is 5.69 Å². The van der Waals surface area contributed by atoms with Gasteiger partial charge in [0.1, 0.15) is 15.3 Å². The van der Waals surface area contributed by atoms with Crippen molar-refractivity contribution in [2.75, 3.05) is 0 Å². The fraction of sp³-hybridized carbons (Fsp3) is 0.150. The largest absolute Gasteiger partial charge is 0.477 e. The number of rotatable bonds is 6. The molecule has 6 nitrogen and oxygen atoms in total. The average molecular weight is 492 g/mol. The van der Waals surface area contributed by atoms with Crippen molar-refractivity contribution in [2.45, 2.75) is 29.8 Å². The maximum absolute atomic E-state index is 11.3. The molecule has 0 radical (unpaired) electrons. The molecule has 4 rings (SSSR count). The minimum absolute atomic E-state index is 0.0127. The van der Waals surface area contributed by atoms with Gasteiger partial charge < -0.3 is 5.11 Å². The molecule has 3 heterocycles. The number of benzene rings is 1. The SMILES string of the molecule is CCCn1cc(-n2c(Br)c(Sc3cccc(C(=O)O)n3)c3ccc(Cl)cc32)cn1. The number of hydrogen-bond donors (Lipinski definition) is 1. The van der Waals surface area contributed by atoms with E-state index in [2.05, 4.69) is 32.9 Å². The second kappa shape index (κ2) is 8.22. The number of aromatic carboxylic acids is 1. The van der Waals surface area contributed by atoms with Crippen LogP contribution in [0.25, 0.3) is 16.6 Å². The molecule has 0 unspecified atom stereocenters. The van der Waals surface area contributed by atoms with Gasteiger partial charge in [-0.3, -0.25) is 9.25 Å². The van der Waals surface area contributed by atoms with Crippen LogP contribution in [-0.4, -0.2) is 30.4 Å². The third-order valence-corrected chi connectivity index (χ3v) is 6.61. The highest BCUT2D eigenvalue weighted by atomic mass is 79.9. The first kappa shape index (κ1) is 20.0. The molecule has 0 amide bonds. The van der Waals surface area contributed by atoms with Crippen molar-refractivity contribution in [3.8, 4) is 5.69 Å². The van der Waals surface area contributed by atoms with Gasteiger partial charge in [-0.1, -0.05) is 42.4 Å². The van der Waals surface area contributed by atoms with Gasteiger partial charge in [0, 0.05) is 23.2 Å². The van der Waals surface area contributed by atoms with Crippen LogP contribution in [0.4, 0.5) is 0 Å². The third-order valence-electron chi connectivity index (χ3n) is 4.31. The Balaban J connectivity index is 1.85. The Kier molecular flexibility index (Phi) is 5.67. The lowest BCUT2D eigenvalue weighted by Crippen LogP contribution is -1.99. The number of carboxylic acid groups (broad SMARTS) is 1. The van der Waals surface area contributed by atoms with E-state index in [1.54, 1.807) is 12.1 Å². The van der Waals surface area contributed by atoms with Gasteiger partial charge in [-0.15, -0.1) is 0 Å². The summed E-state index contributed by atoms with van der Waals surface area (Å²) >= 11 is 11.4. The molecule has 148 valence electrons. The summed E-state index contributed by atoms with van der Waals surface area (Å²) in [5.74, 6) is -1.05. The molecule has 0 aliphatic heterocycles. The molecule has 1 N–H and O–H groups in total. The highest BCUT2D eigenvalue weighted by Crippen LogP contribution is 2.42. The Morgan fingerprint density at radius 2 is 2.14 bits per heavy atom. The number of halogens is 2. The molecule has 0 spiro atoms. The summed E-state index contributed by atoms with van der Waals surface area (Å²) in [7, 11) is 0. The molecule has 0 aliphatic rings. The van der Waals surface area contributed by atoms with Crippen LogP contribution in [0.1, 0.15) is 23.8 Å². The monoisotopic (exact) mass is 490 g/mol. The summed E-state index contributed by atoms with van der Waals surface area (Å²) in [4.78, 5) is 16.4. The lowest BCUT2D eigenvalue weighted by Gasteiger charge is -2.05. The maximum Gasteiger partial charge on any atom is 0.354 e. The van der Waals surface area contributed by atoms with Crippen LogP contribution in [0, 0.1) is 0 Å². The van der Waals surface area contributed by atoms with Gasteiger partial charge in [-0.25, -0.2) is 9.78 Å². The quantitative estimate of drug-likeness (QED) is 0.364. The van der Waals surface area contributed by atoms with E-state index in [1.165, 1.54) is 17.8 Å². The molecule has 3 aromatic heterocycles. The average Bonchev–Trinajstić information content (AvgIpc) is 3.25. The maximum atomic E-state index is 11.3. The van der Waals surface area contributed by atoms with E-state index in [0.29, 0.717) is 10.0 Å². The number of aromatic nitrogens is 4. The fourth-order valence-electron chi connectivity index (χ4n) is 3.06. The number of pyridine rings is 1. The zero-order valence-corrected chi connectivity index (χ0v) is 18.5. The van der Waals surface area contributed by atoms with Gasteiger partial charge in [0.15, 0.2) is 0 Å².